The van der Waals surface area contributed by atoms with Gasteiger partial charge in [-0.3, -0.25) is 14.0 Å². The highest BCUT2D eigenvalue weighted by atomic mass is 32.2. The number of carbonyl (C=O) groups excluding carboxylic acids is 1. The molecule has 32 heavy (non-hydrogen) atoms. The molecule has 0 saturated carbocycles. The summed E-state index contributed by atoms with van der Waals surface area (Å²) >= 11 is 0. The zero-order valence-electron chi connectivity index (χ0n) is 18.9. The average Bonchev–Trinajstić information content (AvgIpc) is 3.40. The first-order valence-electron chi connectivity index (χ1n) is 11.1. The van der Waals surface area contributed by atoms with Crippen LogP contribution in [0.2, 0.25) is 0 Å². The third-order valence-corrected chi connectivity index (χ3v) is 7.66. The van der Waals surface area contributed by atoms with Gasteiger partial charge in [0.05, 0.1) is 25.1 Å². The fraction of sp³-hybridized carbons (Fsp3) is 0.458. The number of sulfonamides is 1. The van der Waals surface area contributed by atoms with E-state index in [1.807, 2.05) is 25.1 Å². The first-order valence-corrected chi connectivity index (χ1v) is 12.9. The van der Waals surface area contributed by atoms with Crippen molar-refractivity contribution in [2.75, 3.05) is 37.3 Å². The summed E-state index contributed by atoms with van der Waals surface area (Å²) in [5.41, 5.74) is 3.27. The van der Waals surface area contributed by atoms with Gasteiger partial charge in [0.15, 0.2) is 0 Å². The lowest BCUT2D eigenvalue weighted by molar-refractivity contribution is 0.0938. The molecule has 4 rings (SSSR count). The molecule has 2 heterocycles. The maximum atomic E-state index is 13.0. The summed E-state index contributed by atoms with van der Waals surface area (Å²) in [5, 5.41) is 3.10. The van der Waals surface area contributed by atoms with Crippen LogP contribution in [0.5, 0.6) is 5.75 Å². The van der Waals surface area contributed by atoms with Gasteiger partial charge in [-0.05, 0) is 80.7 Å². The number of nitrogens with one attached hydrogen (secondary N) is 1. The fourth-order valence-corrected chi connectivity index (χ4v) is 6.14. The molecule has 2 atom stereocenters. The van der Waals surface area contributed by atoms with Crippen molar-refractivity contribution in [1.29, 1.82) is 0 Å². The van der Waals surface area contributed by atoms with E-state index in [9.17, 15) is 13.2 Å². The Bertz CT molecular complexity index is 1080. The molecule has 2 aromatic rings. The number of rotatable bonds is 7. The molecule has 0 unspecified atom stereocenters. The van der Waals surface area contributed by atoms with E-state index in [0.717, 1.165) is 30.0 Å². The molecule has 2 aliphatic rings. The van der Waals surface area contributed by atoms with E-state index < -0.39 is 10.0 Å². The van der Waals surface area contributed by atoms with Crippen LogP contribution in [0.3, 0.4) is 0 Å². The van der Waals surface area contributed by atoms with Crippen molar-refractivity contribution in [2.24, 2.45) is 0 Å². The Labute approximate surface area is 190 Å². The molecule has 0 bridgehead atoms. The van der Waals surface area contributed by atoms with Gasteiger partial charge in [0.25, 0.3) is 5.91 Å². The summed E-state index contributed by atoms with van der Waals surface area (Å²) < 4.78 is 31.0. The van der Waals surface area contributed by atoms with E-state index in [0.29, 0.717) is 24.2 Å². The van der Waals surface area contributed by atoms with Gasteiger partial charge in [-0.25, -0.2) is 8.42 Å². The number of ether oxygens (including phenoxy) is 1. The minimum atomic E-state index is -3.35. The van der Waals surface area contributed by atoms with E-state index in [1.165, 1.54) is 23.4 Å². The van der Waals surface area contributed by atoms with E-state index >= 15 is 0 Å². The summed E-state index contributed by atoms with van der Waals surface area (Å²) in [5.74, 6) is 0.671. The lowest BCUT2D eigenvalue weighted by atomic mass is 10.0. The molecule has 0 radical (unpaired) electrons. The molecular weight excluding hydrogens is 426 g/mol. The van der Waals surface area contributed by atoms with Gasteiger partial charge >= 0.3 is 0 Å². The van der Waals surface area contributed by atoms with E-state index in [4.69, 9.17) is 4.74 Å². The van der Waals surface area contributed by atoms with Crippen LogP contribution in [0, 0.1) is 0 Å². The van der Waals surface area contributed by atoms with E-state index in [2.05, 4.69) is 22.3 Å². The molecule has 0 aromatic heterocycles. The van der Waals surface area contributed by atoms with Crippen molar-refractivity contribution >= 4 is 21.6 Å². The smallest absolute Gasteiger partial charge is 0.251 e. The van der Waals surface area contributed by atoms with Gasteiger partial charge in [0, 0.05) is 18.2 Å². The average molecular weight is 458 g/mol. The Kier molecular flexibility index (Phi) is 6.44. The maximum absolute atomic E-state index is 13.0. The predicted octanol–water partition coefficient (Wildman–Crippen LogP) is 2.97. The van der Waals surface area contributed by atoms with Crippen molar-refractivity contribution in [3.05, 3.63) is 59.2 Å². The van der Waals surface area contributed by atoms with Crippen molar-refractivity contribution in [3.8, 4) is 5.75 Å². The summed E-state index contributed by atoms with van der Waals surface area (Å²) in [6.07, 6.45) is 4.16. The molecule has 1 fully saturated rings. The molecule has 7 nitrogen and oxygen atoms in total. The van der Waals surface area contributed by atoms with Gasteiger partial charge in [-0.15, -0.1) is 0 Å². The number of likely N-dealkylation sites (tertiary alicyclic amines) is 1. The fourth-order valence-electron chi connectivity index (χ4n) is 4.88. The number of fused-ring (bicyclic) bond motifs is 1. The highest BCUT2D eigenvalue weighted by Crippen LogP contribution is 2.34. The maximum Gasteiger partial charge on any atom is 0.251 e. The molecule has 1 saturated heterocycles. The second-order valence-electron chi connectivity index (χ2n) is 8.70. The van der Waals surface area contributed by atoms with Crippen LogP contribution in [-0.4, -0.2) is 58.3 Å². The molecule has 0 aliphatic carbocycles. The number of carbonyl (C=O) groups is 1. The second-order valence-corrected chi connectivity index (χ2v) is 10.6. The molecule has 1 N–H and O–H groups in total. The molecule has 2 aromatic carbocycles. The first kappa shape index (κ1) is 22.6. The Balaban J connectivity index is 1.49. The van der Waals surface area contributed by atoms with Gasteiger partial charge < -0.3 is 10.1 Å². The number of benzene rings is 2. The van der Waals surface area contributed by atoms with Gasteiger partial charge in [-0.1, -0.05) is 12.1 Å². The molecule has 1 amide bonds. The number of hydrogen-bond acceptors (Lipinski definition) is 5. The second kappa shape index (κ2) is 9.11. The lowest BCUT2D eigenvalue weighted by Gasteiger charge is -2.28. The Morgan fingerprint density at radius 2 is 1.84 bits per heavy atom. The monoisotopic (exact) mass is 457 g/mol. The lowest BCUT2D eigenvalue weighted by Crippen LogP contribution is -2.36. The zero-order valence-corrected chi connectivity index (χ0v) is 19.7. The highest BCUT2D eigenvalue weighted by molar-refractivity contribution is 7.92. The minimum Gasteiger partial charge on any atom is -0.497 e. The first-order chi connectivity index (χ1) is 15.3. The van der Waals surface area contributed by atoms with Crippen LogP contribution in [-0.2, 0) is 16.4 Å². The number of hydrogen-bond donors (Lipinski definition) is 1. The van der Waals surface area contributed by atoms with Crippen LogP contribution >= 0.6 is 0 Å². The number of nitrogens with zero attached hydrogens (tertiary/aromatic N) is 2. The van der Waals surface area contributed by atoms with Crippen LogP contribution in [0.15, 0.2) is 42.5 Å². The van der Waals surface area contributed by atoms with E-state index in [1.54, 1.807) is 19.2 Å². The number of amides is 1. The Morgan fingerprint density at radius 1 is 1.16 bits per heavy atom. The van der Waals surface area contributed by atoms with Crippen molar-refractivity contribution < 1.29 is 17.9 Å². The third-order valence-electron chi connectivity index (χ3n) is 6.39. The third kappa shape index (κ3) is 4.61. The standard InChI is InChI=1S/C24H31N3O4S/c1-17-14-20-15-19(8-11-22(20)27(17)32(3,29)30)24(28)25-16-23(26-12-4-5-13-26)18-6-9-21(31-2)10-7-18/h6-11,15,17,23H,4-5,12-14,16H2,1-3H3,(H,25,28)/t17-,23-/m0/s1. The summed E-state index contributed by atoms with van der Waals surface area (Å²) in [6.45, 7) is 4.43. The Hall–Kier alpha value is -2.58. The number of methoxy groups -OCH3 is 1. The van der Waals surface area contributed by atoms with Gasteiger partial charge in [0.1, 0.15) is 5.75 Å². The molecule has 2 aliphatic heterocycles. The summed E-state index contributed by atoms with van der Waals surface area (Å²) in [7, 11) is -1.69. The zero-order chi connectivity index (χ0) is 22.9. The molecule has 172 valence electrons. The summed E-state index contributed by atoms with van der Waals surface area (Å²) in [6, 6.07) is 13.3. The van der Waals surface area contributed by atoms with Crippen molar-refractivity contribution in [2.45, 2.75) is 38.3 Å². The van der Waals surface area contributed by atoms with E-state index in [-0.39, 0.29) is 18.0 Å². The largest absolute Gasteiger partial charge is 0.497 e. The van der Waals surface area contributed by atoms with Crippen LogP contribution in [0.25, 0.3) is 0 Å². The van der Waals surface area contributed by atoms with Crippen molar-refractivity contribution in [1.82, 2.24) is 10.2 Å². The predicted molar refractivity (Wildman–Crippen MR) is 126 cm³/mol. The van der Waals surface area contributed by atoms with Crippen LogP contribution in [0.1, 0.15) is 47.3 Å². The minimum absolute atomic E-state index is 0.0996. The van der Waals surface area contributed by atoms with Crippen LogP contribution in [0.4, 0.5) is 5.69 Å². The SMILES string of the molecule is COc1ccc([C@H](CNC(=O)c2ccc3c(c2)C[C@H](C)N3S(C)(=O)=O)N2CCCC2)cc1. The normalized spacial score (nSPS) is 19.6. The molecule has 8 heteroatoms. The van der Waals surface area contributed by atoms with Crippen molar-refractivity contribution in [3.63, 3.8) is 0 Å². The van der Waals surface area contributed by atoms with Gasteiger partial charge in [-0.2, -0.15) is 0 Å². The summed E-state index contributed by atoms with van der Waals surface area (Å²) in [4.78, 5) is 15.4. The van der Waals surface area contributed by atoms with Gasteiger partial charge in [0.2, 0.25) is 10.0 Å². The molecule has 0 spiro atoms. The highest BCUT2D eigenvalue weighted by Gasteiger charge is 2.33. The topological polar surface area (TPSA) is 79.0 Å². The Morgan fingerprint density at radius 3 is 2.47 bits per heavy atom. The molecular formula is C24H31N3O4S. The van der Waals surface area contributed by atoms with Crippen LogP contribution < -0.4 is 14.4 Å². The quantitative estimate of drug-likeness (QED) is 0.692. The number of anilines is 1.